The van der Waals surface area contributed by atoms with Crippen LogP contribution < -0.4 is 4.74 Å². The first-order chi connectivity index (χ1) is 17.8. The smallest absolute Gasteiger partial charge is 0.125 e. The van der Waals surface area contributed by atoms with E-state index in [-0.39, 0.29) is 0 Å². The molecular weight excluding hydrogens is 472 g/mol. The largest absolute Gasteiger partial charge is 0.490 e. The van der Waals surface area contributed by atoms with Crippen molar-refractivity contribution < 1.29 is 34.6 Å². The third kappa shape index (κ3) is 5.16. The van der Waals surface area contributed by atoms with Gasteiger partial charge in [-0.2, -0.15) is 0 Å². The molecular formula is C30H34O7. The van der Waals surface area contributed by atoms with Crippen LogP contribution in [0.1, 0.15) is 46.4 Å². The molecule has 5 rings (SSSR count). The highest BCUT2D eigenvalue weighted by molar-refractivity contribution is 5.39. The molecule has 3 aromatic rings. The monoisotopic (exact) mass is 506 g/mol. The summed E-state index contributed by atoms with van der Waals surface area (Å²) in [6.07, 6.45) is -5.22. The summed E-state index contributed by atoms with van der Waals surface area (Å²) in [6.45, 7) is 4.63. The number of hydrogen-bond donors (Lipinski definition) is 4. The molecule has 3 aromatic carbocycles. The van der Waals surface area contributed by atoms with Gasteiger partial charge in [-0.1, -0.05) is 54.6 Å². The molecule has 0 aliphatic carbocycles. The Hall–Kier alpha value is -2.78. The standard InChI is InChI=1S/C30H34O7/c1-18-7-10-20(29-28(34)27(33)26(32)25(15-31)37-29)14-22(18)13-19-8-11-23(12-9-19)35-17-30(2)24-6-4-3-5-21(24)16-36-30/h3-12,14,25-29,31-34H,13,15-17H2,1-2H3/t25-,26-,27+,28-,29+,30-/m1/s1. The van der Waals surface area contributed by atoms with Crippen LogP contribution in [-0.4, -0.2) is 58.1 Å². The van der Waals surface area contributed by atoms with Gasteiger partial charge in [0, 0.05) is 0 Å². The number of rotatable bonds is 7. The molecule has 2 aliphatic rings. The van der Waals surface area contributed by atoms with Gasteiger partial charge in [0.05, 0.1) is 13.2 Å². The quantitative estimate of drug-likeness (QED) is 0.390. The lowest BCUT2D eigenvalue weighted by molar-refractivity contribution is -0.231. The molecule has 2 aliphatic heterocycles. The van der Waals surface area contributed by atoms with Gasteiger partial charge in [0.15, 0.2) is 0 Å². The summed E-state index contributed by atoms with van der Waals surface area (Å²) < 4.78 is 17.9. The first kappa shape index (κ1) is 25.9. The number of fused-ring (bicyclic) bond motifs is 1. The Labute approximate surface area is 216 Å². The van der Waals surface area contributed by atoms with Crippen molar-refractivity contribution in [3.63, 3.8) is 0 Å². The SMILES string of the molecule is Cc1ccc([C@@H]2O[C@H](CO)[C@@H](O)[C@H](O)[C@H]2O)cc1Cc1ccc(OC[C@@]2(C)OCc3ccccc32)cc1. The van der Waals surface area contributed by atoms with Crippen molar-refractivity contribution >= 4 is 0 Å². The number of aliphatic hydroxyl groups is 4. The van der Waals surface area contributed by atoms with Crippen LogP contribution in [0.25, 0.3) is 0 Å². The van der Waals surface area contributed by atoms with E-state index in [4.69, 9.17) is 14.2 Å². The van der Waals surface area contributed by atoms with Crippen molar-refractivity contribution in [2.24, 2.45) is 0 Å². The van der Waals surface area contributed by atoms with Crippen molar-refractivity contribution in [1.29, 1.82) is 0 Å². The summed E-state index contributed by atoms with van der Waals surface area (Å²) in [5, 5.41) is 40.3. The molecule has 0 spiro atoms. The molecule has 0 unspecified atom stereocenters. The predicted molar refractivity (Wildman–Crippen MR) is 137 cm³/mol. The Morgan fingerprint density at radius 3 is 2.46 bits per heavy atom. The van der Waals surface area contributed by atoms with Gasteiger partial charge < -0.3 is 34.6 Å². The topological polar surface area (TPSA) is 109 Å². The molecule has 7 nitrogen and oxygen atoms in total. The van der Waals surface area contributed by atoms with E-state index in [0.29, 0.717) is 25.2 Å². The molecule has 196 valence electrons. The van der Waals surface area contributed by atoms with Crippen molar-refractivity contribution in [1.82, 2.24) is 0 Å². The minimum absolute atomic E-state index is 0.420. The Bertz CT molecular complexity index is 1220. The maximum absolute atomic E-state index is 10.5. The van der Waals surface area contributed by atoms with Gasteiger partial charge in [-0.25, -0.2) is 0 Å². The molecule has 0 radical (unpaired) electrons. The van der Waals surface area contributed by atoms with Crippen LogP contribution in [0.4, 0.5) is 0 Å². The molecule has 37 heavy (non-hydrogen) atoms. The van der Waals surface area contributed by atoms with Gasteiger partial charge in [0.1, 0.15) is 48.5 Å². The van der Waals surface area contributed by atoms with Gasteiger partial charge in [-0.15, -0.1) is 0 Å². The van der Waals surface area contributed by atoms with Crippen LogP contribution in [0.3, 0.4) is 0 Å². The van der Waals surface area contributed by atoms with E-state index in [1.54, 1.807) is 0 Å². The number of benzene rings is 3. The second-order valence-corrected chi connectivity index (χ2v) is 10.2. The Morgan fingerprint density at radius 2 is 1.70 bits per heavy atom. The van der Waals surface area contributed by atoms with Gasteiger partial charge in [0.25, 0.3) is 0 Å². The van der Waals surface area contributed by atoms with Crippen molar-refractivity contribution in [2.45, 2.75) is 63.0 Å². The van der Waals surface area contributed by atoms with E-state index in [1.807, 2.05) is 61.5 Å². The van der Waals surface area contributed by atoms with E-state index < -0.39 is 42.7 Å². The first-order valence-electron chi connectivity index (χ1n) is 12.6. The molecule has 0 aromatic heterocycles. The molecule has 4 N–H and O–H groups in total. The average molecular weight is 507 g/mol. The normalized spacial score (nSPS) is 29.2. The van der Waals surface area contributed by atoms with Gasteiger partial charge in [0.2, 0.25) is 0 Å². The van der Waals surface area contributed by atoms with Gasteiger partial charge in [-0.05, 0) is 65.8 Å². The number of hydrogen-bond acceptors (Lipinski definition) is 7. The van der Waals surface area contributed by atoms with E-state index in [9.17, 15) is 20.4 Å². The van der Waals surface area contributed by atoms with Crippen molar-refractivity contribution in [3.8, 4) is 5.75 Å². The Morgan fingerprint density at radius 1 is 0.946 bits per heavy atom. The summed E-state index contributed by atoms with van der Waals surface area (Å²) in [6, 6.07) is 21.9. The lowest BCUT2D eigenvalue weighted by atomic mass is 9.89. The zero-order valence-corrected chi connectivity index (χ0v) is 21.1. The highest BCUT2D eigenvalue weighted by atomic mass is 16.6. The highest BCUT2D eigenvalue weighted by Crippen LogP contribution is 2.37. The van der Waals surface area contributed by atoms with Gasteiger partial charge >= 0.3 is 0 Å². The lowest BCUT2D eigenvalue weighted by Gasteiger charge is -2.40. The predicted octanol–water partition coefficient (Wildman–Crippen LogP) is 2.93. The van der Waals surface area contributed by atoms with Crippen LogP contribution in [0.5, 0.6) is 5.75 Å². The molecule has 2 heterocycles. The van der Waals surface area contributed by atoms with Crippen LogP contribution in [-0.2, 0) is 28.1 Å². The second kappa shape index (κ2) is 10.5. The third-order valence-electron chi connectivity index (χ3n) is 7.56. The number of ether oxygens (including phenoxy) is 3. The summed E-state index contributed by atoms with van der Waals surface area (Å²) >= 11 is 0. The zero-order valence-electron chi connectivity index (χ0n) is 21.1. The summed E-state index contributed by atoms with van der Waals surface area (Å²) in [5.74, 6) is 0.768. The zero-order chi connectivity index (χ0) is 26.2. The first-order valence-corrected chi connectivity index (χ1v) is 12.6. The fraction of sp³-hybridized carbons (Fsp3) is 0.400. The molecule has 0 amide bonds. The fourth-order valence-electron chi connectivity index (χ4n) is 5.18. The van der Waals surface area contributed by atoms with E-state index in [2.05, 4.69) is 19.1 Å². The summed E-state index contributed by atoms with van der Waals surface area (Å²) in [7, 11) is 0. The van der Waals surface area contributed by atoms with Crippen LogP contribution in [0, 0.1) is 6.92 Å². The van der Waals surface area contributed by atoms with Crippen molar-refractivity contribution in [3.05, 3.63) is 100 Å². The van der Waals surface area contributed by atoms with Crippen molar-refractivity contribution in [2.75, 3.05) is 13.2 Å². The van der Waals surface area contributed by atoms with E-state index in [0.717, 1.165) is 22.4 Å². The second-order valence-electron chi connectivity index (χ2n) is 10.2. The maximum atomic E-state index is 10.5. The minimum Gasteiger partial charge on any atom is -0.490 e. The molecule has 1 fully saturated rings. The summed E-state index contributed by atoms with van der Waals surface area (Å²) in [4.78, 5) is 0. The number of aryl methyl sites for hydroxylation is 1. The van der Waals surface area contributed by atoms with Crippen LogP contribution in [0.15, 0.2) is 66.7 Å². The van der Waals surface area contributed by atoms with Crippen LogP contribution >= 0.6 is 0 Å². The Balaban J connectivity index is 1.26. The third-order valence-corrected chi connectivity index (χ3v) is 7.56. The molecule has 7 heteroatoms. The lowest BCUT2D eigenvalue weighted by Crippen LogP contribution is -2.55. The highest BCUT2D eigenvalue weighted by Gasteiger charge is 2.44. The minimum atomic E-state index is -1.40. The van der Waals surface area contributed by atoms with E-state index >= 15 is 0 Å². The molecule has 0 bridgehead atoms. The molecule has 0 saturated carbocycles. The Kier molecular flexibility index (Phi) is 7.36. The van der Waals surface area contributed by atoms with Crippen LogP contribution in [0.2, 0.25) is 0 Å². The van der Waals surface area contributed by atoms with Gasteiger partial charge in [-0.3, -0.25) is 0 Å². The average Bonchev–Trinajstić information content (AvgIpc) is 3.25. The number of aliphatic hydroxyl groups excluding tert-OH is 4. The molecule has 6 atom stereocenters. The fourth-order valence-corrected chi connectivity index (χ4v) is 5.18. The maximum Gasteiger partial charge on any atom is 0.125 e. The molecule has 1 saturated heterocycles. The van der Waals surface area contributed by atoms with E-state index in [1.165, 1.54) is 11.1 Å². The summed E-state index contributed by atoms with van der Waals surface area (Å²) in [5.41, 5.74) is 5.80.